The van der Waals surface area contributed by atoms with E-state index in [-0.39, 0.29) is 6.29 Å². The maximum Gasteiger partial charge on any atom is 0.406 e. The van der Waals surface area contributed by atoms with Crippen LogP contribution in [0.15, 0.2) is 0 Å². The van der Waals surface area contributed by atoms with Crippen LogP contribution in [0.1, 0.15) is 0 Å². The van der Waals surface area contributed by atoms with Crippen LogP contribution in [-0.2, 0) is 9.47 Å². The first-order valence-electron chi connectivity index (χ1n) is 3.07. The van der Waals surface area contributed by atoms with Crippen LogP contribution in [-0.4, -0.2) is 28.5 Å². The Bertz CT molecular complexity index is 124. The molecule has 0 aliphatic carbocycles. The van der Waals surface area contributed by atoms with Crippen LogP contribution < -0.4 is 5.73 Å². The van der Waals surface area contributed by atoms with E-state index in [1.807, 2.05) is 0 Å². The summed E-state index contributed by atoms with van der Waals surface area (Å²) in [5.74, 6) is 0. The van der Waals surface area contributed by atoms with Gasteiger partial charge in [-0.25, -0.2) is 4.79 Å². The first kappa shape index (κ1) is 7.55. The number of rotatable bonds is 1. The van der Waals surface area contributed by atoms with E-state index in [2.05, 4.69) is 4.74 Å². The van der Waals surface area contributed by atoms with Crippen molar-refractivity contribution in [3.63, 3.8) is 0 Å². The van der Waals surface area contributed by atoms with Crippen molar-refractivity contribution >= 4 is 15.6 Å². The predicted molar refractivity (Wildman–Crippen MR) is 35.8 cm³/mol. The maximum absolute atomic E-state index is 10.2. The van der Waals surface area contributed by atoms with Crippen LogP contribution >= 0.6 is 0 Å². The first-order chi connectivity index (χ1) is 4.79. The monoisotopic (exact) mass is 159 g/mol. The van der Waals surface area contributed by atoms with E-state index in [9.17, 15) is 4.79 Å². The van der Waals surface area contributed by atoms with Gasteiger partial charge in [-0.15, -0.1) is 0 Å². The van der Waals surface area contributed by atoms with Crippen molar-refractivity contribution in [2.24, 2.45) is 5.73 Å². The lowest BCUT2D eigenvalue weighted by atomic mass is 10.7. The standard InChI is InChI=1S/C5H9NO3Si/c6-5(7)9-4-3-10-2-1-8-4/h4H,1-3H2,(H2,6,7). The second-order valence-corrected chi connectivity index (χ2v) is 3.35. The number of hydrogen-bond acceptors (Lipinski definition) is 3. The van der Waals surface area contributed by atoms with E-state index in [1.165, 1.54) is 0 Å². The Morgan fingerprint density at radius 1 is 1.80 bits per heavy atom. The highest BCUT2D eigenvalue weighted by atomic mass is 28.2. The van der Waals surface area contributed by atoms with Crippen molar-refractivity contribution < 1.29 is 14.3 Å². The summed E-state index contributed by atoms with van der Waals surface area (Å²) >= 11 is 0. The number of primary amides is 1. The Balaban J connectivity index is 2.19. The molecule has 1 atom stereocenters. The highest BCUT2D eigenvalue weighted by molar-refractivity contribution is 6.35. The van der Waals surface area contributed by atoms with Crippen LogP contribution in [0, 0.1) is 0 Å². The van der Waals surface area contributed by atoms with Crippen molar-refractivity contribution in [3.05, 3.63) is 0 Å². The van der Waals surface area contributed by atoms with Crippen LogP contribution in [0.2, 0.25) is 12.1 Å². The van der Waals surface area contributed by atoms with Crippen molar-refractivity contribution in [2.45, 2.75) is 18.4 Å². The van der Waals surface area contributed by atoms with Gasteiger partial charge in [0.25, 0.3) is 0 Å². The minimum atomic E-state index is -0.753. The van der Waals surface area contributed by atoms with E-state index in [4.69, 9.17) is 10.5 Å². The molecule has 1 unspecified atom stereocenters. The zero-order chi connectivity index (χ0) is 7.40. The smallest absolute Gasteiger partial charge is 0.406 e. The Kier molecular flexibility index (Phi) is 2.70. The number of ether oxygens (including phenoxy) is 2. The van der Waals surface area contributed by atoms with E-state index in [0.29, 0.717) is 6.61 Å². The van der Waals surface area contributed by atoms with Crippen LogP contribution in [0.25, 0.3) is 0 Å². The third-order valence-electron chi connectivity index (χ3n) is 1.14. The zero-order valence-electron chi connectivity index (χ0n) is 5.50. The quantitative estimate of drug-likeness (QED) is 0.547. The third-order valence-corrected chi connectivity index (χ3v) is 2.32. The molecule has 2 N–H and O–H groups in total. The molecule has 2 radical (unpaired) electrons. The molecule has 4 nitrogen and oxygen atoms in total. The van der Waals surface area contributed by atoms with E-state index >= 15 is 0 Å². The lowest BCUT2D eigenvalue weighted by Gasteiger charge is -2.20. The normalized spacial score (nSPS) is 25.8. The fourth-order valence-electron chi connectivity index (χ4n) is 0.747. The fraction of sp³-hybridized carbons (Fsp3) is 0.800. The number of hydrogen-bond donors (Lipinski definition) is 1. The molecule has 5 heteroatoms. The lowest BCUT2D eigenvalue weighted by Crippen LogP contribution is -2.29. The molecule has 1 fully saturated rings. The van der Waals surface area contributed by atoms with Gasteiger partial charge < -0.3 is 15.2 Å². The molecule has 0 aromatic rings. The van der Waals surface area contributed by atoms with Gasteiger partial charge in [-0.05, 0) is 6.04 Å². The van der Waals surface area contributed by atoms with Crippen molar-refractivity contribution in [3.8, 4) is 0 Å². The largest absolute Gasteiger partial charge is 0.420 e. The third kappa shape index (κ3) is 2.36. The predicted octanol–water partition coefficient (Wildman–Crippen LogP) is -0.0212. The lowest BCUT2D eigenvalue weighted by molar-refractivity contribution is -0.0895. The molecule has 1 rings (SSSR count). The van der Waals surface area contributed by atoms with Gasteiger partial charge in [0.15, 0.2) is 0 Å². The SMILES string of the molecule is NC(=O)OC1C[Si]CCO1. The number of amides is 1. The second kappa shape index (κ2) is 3.57. The molecule has 0 spiro atoms. The molecule has 1 aliphatic heterocycles. The van der Waals surface area contributed by atoms with Crippen molar-refractivity contribution in [1.82, 2.24) is 0 Å². The van der Waals surface area contributed by atoms with E-state index in [0.717, 1.165) is 21.6 Å². The molecular weight excluding hydrogens is 150 g/mol. The summed E-state index contributed by atoms with van der Waals surface area (Å²) in [6.45, 7) is 0.677. The van der Waals surface area contributed by atoms with Crippen LogP contribution in [0.4, 0.5) is 4.79 Å². The topological polar surface area (TPSA) is 61.6 Å². The summed E-state index contributed by atoms with van der Waals surface area (Å²) in [7, 11) is 0.824. The Hall–Kier alpha value is -0.553. The fourth-order valence-corrected chi connectivity index (χ4v) is 1.65. The van der Waals surface area contributed by atoms with Crippen LogP contribution in [0.3, 0.4) is 0 Å². The number of nitrogens with two attached hydrogens (primary N) is 1. The molecule has 1 saturated heterocycles. The average Bonchev–Trinajstić information content (AvgIpc) is 1.88. The van der Waals surface area contributed by atoms with Gasteiger partial charge in [0, 0.05) is 22.2 Å². The van der Waals surface area contributed by atoms with Gasteiger partial charge >= 0.3 is 6.09 Å². The molecule has 0 aromatic heterocycles. The van der Waals surface area contributed by atoms with E-state index in [1.54, 1.807) is 0 Å². The van der Waals surface area contributed by atoms with Crippen LogP contribution in [0.5, 0.6) is 0 Å². The van der Waals surface area contributed by atoms with Gasteiger partial charge in [-0.2, -0.15) is 0 Å². The van der Waals surface area contributed by atoms with E-state index < -0.39 is 6.09 Å². The summed E-state index contributed by atoms with van der Waals surface area (Å²) in [5, 5.41) is 0. The summed E-state index contributed by atoms with van der Waals surface area (Å²) in [4.78, 5) is 10.2. The molecule has 10 heavy (non-hydrogen) atoms. The summed E-state index contributed by atoms with van der Waals surface area (Å²) < 4.78 is 9.69. The maximum atomic E-state index is 10.2. The Labute approximate surface area is 61.5 Å². The highest BCUT2D eigenvalue weighted by Gasteiger charge is 2.16. The van der Waals surface area contributed by atoms with Gasteiger partial charge in [-0.3, -0.25) is 0 Å². The molecule has 1 amide bonds. The van der Waals surface area contributed by atoms with Gasteiger partial charge in [0.05, 0.1) is 0 Å². The number of carbonyl (C=O) groups is 1. The molecule has 1 heterocycles. The highest BCUT2D eigenvalue weighted by Crippen LogP contribution is 2.08. The summed E-state index contributed by atoms with van der Waals surface area (Å²) in [6, 6.07) is 1.86. The van der Waals surface area contributed by atoms with Gasteiger partial charge in [0.2, 0.25) is 6.29 Å². The van der Waals surface area contributed by atoms with Crippen molar-refractivity contribution in [1.29, 1.82) is 0 Å². The summed E-state index contributed by atoms with van der Waals surface area (Å²) in [6.07, 6.45) is -1.14. The van der Waals surface area contributed by atoms with Crippen molar-refractivity contribution in [2.75, 3.05) is 6.61 Å². The Morgan fingerprint density at radius 2 is 2.60 bits per heavy atom. The molecule has 56 valence electrons. The van der Waals surface area contributed by atoms with Gasteiger partial charge in [-0.1, -0.05) is 0 Å². The number of carbonyl (C=O) groups excluding carboxylic acids is 1. The molecular formula is C5H9NO3Si. The molecule has 0 bridgehead atoms. The minimum absolute atomic E-state index is 0.385. The molecule has 1 aliphatic rings. The second-order valence-electron chi connectivity index (χ2n) is 1.94. The van der Waals surface area contributed by atoms with Gasteiger partial charge in [0.1, 0.15) is 0 Å². The minimum Gasteiger partial charge on any atom is -0.420 e. The summed E-state index contributed by atoms with van der Waals surface area (Å²) in [5.41, 5.74) is 4.79. The zero-order valence-corrected chi connectivity index (χ0v) is 6.50. The molecule has 0 aromatic carbocycles. The Morgan fingerprint density at radius 3 is 3.10 bits per heavy atom. The average molecular weight is 159 g/mol. The molecule has 0 saturated carbocycles. The first-order valence-corrected chi connectivity index (χ1v) is 4.49.